The molecule has 0 saturated heterocycles. The van der Waals surface area contributed by atoms with Crippen LogP contribution in [0.15, 0.2) is 65.2 Å². The molecule has 5 rings (SSSR count). The minimum Gasteiger partial charge on any atom is -0.298 e. The summed E-state index contributed by atoms with van der Waals surface area (Å²) in [5, 5.41) is 4.57. The molecular formula is C43H66N2O. The Morgan fingerprint density at radius 3 is 2.22 bits per heavy atom. The van der Waals surface area contributed by atoms with Crippen molar-refractivity contribution < 1.29 is 4.79 Å². The molecule has 254 valence electrons. The van der Waals surface area contributed by atoms with Gasteiger partial charge in [-0.2, -0.15) is 0 Å². The van der Waals surface area contributed by atoms with E-state index in [9.17, 15) is 4.79 Å². The Balaban J connectivity index is 1.69. The maximum atomic E-state index is 12.6. The van der Waals surface area contributed by atoms with Crippen molar-refractivity contribution >= 4 is 6.29 Å². The van der Waals surface area contributed by atoms with Gasteiger partial charge >= 0.3 is 0 Å². The maximum Gasteiger partial charge on any atom is 0.144 e. The maximum absolute atomic E-state index is 12.6. The number of carbonyl (C=O) groups excluding carboxylic acids is 1. The zero-order chi connectivity index (χ0) is 33.9. The van der Waals surface area contributed by atoms with E-state index < -0.39 is 0 Å². The van der Waals surface area contributed by atoms with Gasteiger partial charge in [0, 0.05) is 30.4 Å². The SMILES string of the molecule is C=C=C1CC2(/C(=C/C=O)N(CCC)N(C)C(=C)/C=C\C)CC[C@]3(C)C(CCC4C5(C)CCC(CC)C5(C)CCC43C)C2=C1C(C)C. The predicted molar refractivity (Wildman–Crippen MR) is 195 cm³/mol. The number of hydrogen-bond donors (Lipinski definition) is 0. The van der Waals surface area contributed by atoms with Crippen LogP contribution in [-0.4, -0.2) is 29.9 Å². The van der Waals surface area contributed by atoms with Gasteiger partial charge in [0.2, 0.25) is 0 Å². The van der Waals surface area contributed by atoms with Crippen LogP contribution in [0.2, 0.25) is 0 Å². The molecule has 0 aliphatic heterocycles. The number of rotatable bonds is 10. The lowest BCUT2D eigenvalue weighted by atomic mass is 9.33. The lowest BCUT2D eigenvalue weighted by molar-refractivity contribution is -0.205. The fraction of sp³-hybridized carbons (Fsp3) is 0.721. The lowest BCUT2D eigenvalue weighted by Gasteiger charge is -2.71. The molecule has 3 heteroatoms. The Labute approximate surface area is 283 Å². The van der Waals surface area contributed by atoms with E-state index in [4.69, 9.17) is 0 Å². The summed E-state index contributed by atoms with van der Waals surface area (Å²) in [5.41, 5.74) is 11.1. The summed E-state index contributed by atoms with van der Waals surface area (Å²) in [6, 6.07) is 0. The van der Waals surface area contributed by atoms with Gasteiger partial charge in [0.25, 0.3) is 0 Å². The molecule has 4 saturated carbocycles. The van der Waals surface area contributed by atoms with Crippen molar-refractivity contribution in [3.8, 4) is 0 Å². The highest BCUT2D eigenvalue weighted by Crippen LogP contribution is 2.79. The number of fused-ring (bicyclic) bond motifs is 7. The molecule has 0 heterocycles. The molecule has 0 aromatic heterocycles. The number of hydrogen-bond acceptors (Lipinski definition) is 3. The standard InChI is InChI=1S/C43H66N2O/c1-13-17-31(7)44(12)45(27-14-2)36(21-28-46)43-26-25-40(9)34(38(43)37(30(5)6)32(15-3)29-43)18-19-35-41(10)22-20-33(16-4)39(41,8)23-24-42(35,40)11/h13,17,21,28,30,33-35H,3,7,14,16,18-20,22-27,29H2,1-2,4-6,8-12H3/b17-13-,36-21-/t33?,34?,35?,39?,40-,41?,42?,43?/m1/s1. The van der Waals surface area contributed by atoms with Gasteiger partial charge in [-0.1, -0.05) is 81.0 Å². The predicted octanol–water partition coefficient (Wildman–Crippen LogP) is 11.2. The second kappa shape index (κ2) is 12.3. The van der Waals surface area contributed by atoms with Gasteiger partial charge in [0.1, 0.15) is 6.29 Å². The number of likely N-dealkylation sites (N-methyl/N-ethyl adjacent to an activating group) is 1. The summed E-state index contributed by atoms with van der Waals surface area (Å²) in [6.07, 6.45) is 20.6. The van der Waals surface area contributed by atoms with Crippen molar-refractivity contribution in [1.82, 2.24) is 10.0 Å². The van der Waals surface area contributed by atoms with Crippen molar-refractivity contribution in [2.45, 2.75) is 133 Å². The Kier molecular flexibility index (Phi) is 9.40. The van der Waals surface area contributed by atoms with Gasteiger partial charge in [-0.3, -0.25) is 14.8 Å². The summed E-state index contributed by atoms with van der Waals surface area (Å²) in [6.45, 7) is 31.8. The number of aldehydes is 1. The fourth-order valence-electron chi connectivity index (χ4n) is 12.9. The van der Waals surface area contributed by atoms with E-state index in [0.29, 0.717) is 28.1 Å². The first-order valence-electron chi connectivity index (χ1n) is 18.8. The Bertz CT molecular complexity index is 1370. The first kappa shape index (κ1) is 35.1. The summed E-state index contributed by atoms with van der Waals surface area (Å²) >= 11 is 0. The Hall–Kier alpha value is -2.25. The van der Waals surface area contributed by atoms with Crippen LogP contribution in [0.4, 0.5) is 0 Å². The molecule has 0 radical (unpaired) electrons. The third-order valence-electron chi connectivity index (χ3n) is 15.6. The highest BCUT2D eigenvalue weighted by molar-refractivity contribution is 5.68. The fourth-order valence-corrected chi connectivity index (χ4v) is 12.9. The molecule has 4 fully saturated rings. The van der Waals surface area contributed by atoms with Crippen molar-refractivity contribution in [2.24, 2.45) is 50.7 Å². The second-order valence-corrected chi connectivity index (χ2v) is 17.2. The van der Waals surface area contributed by atoms with Crippen LogP contribution in [0.1, 0.15) is 133 Å². The zero-order valence-electron chi connectivity index (χ0n) is 31.3. The molecule has 0 bridgehead atoms. The van der Waals surface area contributed by atoms with E-state index in [0.717, 1.165) is 55.3 Å². The summed E-state index contributed by atoms with van der Waals surface area (Å²) in [7, 11) is 2.11. The monoisotopic (exact) mass is 627 g/mol. The first-order valence-corrected chi connectivity index (χ1v) is 18.8. The van der Waals surface area contributed by atoms with Crippen LogP contribution < -0.4 is 0 Å². The number of allylic oxidation sites excluding steroid dienone is 6. The normalized spacial score (nSPS) is 40.4. The van der Waals surface area contributed by atoms with Crippen molar-refractivity contribution in [3.05, 3.63) is 65.2 Å². The zero-order valence-corrected chi connectivity index (χ0v) is 31.3. The highest BCUT2D eigenvalue weighted by atomic mass is 16.1. The number of carbonyl (C=O) groups is 1. The van der Waals surface area contributed by atoms with Crippen LogP contribution in [0.3, 0.4) is 0 Å². The molecule has 5 aliphatic rings. The van der Waals surface area contributed by atoms with Crippen LogP contribution >= 0.6 is 0 Å². The van der Waals surface area contributed by atoms with Gasteiger partial charge in [0.15, 0.2) is 0 Å². The van der Waals surface area contributed by atoms with E-state index in [2.05, 4.69) is 103 Å². The Morgan fingerprint density at radius 1 is 0.978 bits per heavy atom. The molecule has 0 aromatic carbocycles. The minimum atomic E-state index is -0.235. The lowest BCUT2D eigenvalue weighted by Crippen LogP contribution is -2.64. The molecule has 0 spiro atoms. The van der Waals surface area contributed by atoms with Gasteiger partial charge < -0.3 is 0 Å². The molecule has 0 N–H and O–H groups in total. The van der Waals surface area contributed by atoms with Gasteiger partial charge in [-0.25, -0.2) is 0 Å². The molecule has 5 aliphatic carbocycles. The van der Waals surface area contributed by atoms with Crippen molar-refractivity contribution in [3.63, 3.8) is 0 Å². The molecular weight excluding hydrogens is 560 g/mol. The molecule has 0 aromatic rings. The first-order chi connectivity index (χ1) is 21.7. The third-order valence-corrected chi connectivity index (χ3v) is 15.6. The molecule has 8 atom stereocenters. The smallest absolute Gasteiger partial charge is 0.144 e. The van der Waals surface area contributed by atoms with Crippen LogP contribution in [-0.2, 0) is 4.79 Å². The second-order valence-electron chi connectivity index (χ2n) is 17.2. The minimum absolute atomic E-state index is 0.211. The molecule has 0 amide bonds. The van der Waals surface area contributed by atoms with E-state index in [1.165, 1.54) is 62.5 Å². The van der Waals surface area contributed by atoms with E-state index in [1.807, 2.05) is 13.0 Å². The summed E-state index contributed by atoms with van der Waals surface area (Å²) in [5.74, 6) is 2.51. The van der Waals surface area contributed by atoms with E-state index in [1.54, 1.807) is 5.57 Å². The third kappa shape index (κ3) is 4.60. The largest absolute Gasteiger partial charge is 0.298 e. The topological polar surface area (TPSA) is 23.6 Å². The quantitative estimate of drug-likeness (QED) is 0.0792. The van der Waals surface area contributed by atoms with Gasteiger partial charge in [-0.15, -0.1) is 5.73 Å². The van der Waals surface area contributed by atoms with Crippen LogP contribution in [0, 0.1) is 50.7 Å². The average Bonchev–Trinajstić information content (AvgIpc) is 3.51. The summed E-state index contributed by atoms with van der Waals surface area (Å²) in [4.78, 5) is 12.6. The van der Waals surface area contributed by atoms with Crippen molar-refractivity contribution in [1.29, 1.82) is 0 Å². The molecule has 3 nitrogen and oxygen atoms in total. The number of hydrazine groups is 1. The van der Waals surface area contributed by atoms with Gasteiger partial charge in [-0.05, 0) is 145 Å². The molecule has 7 unspecified atom stereocenters. The average molecular weight is 627 g/mol. The van der Waals surface area contributed by atoms with Crippen LogP contribution in [0.25, 0.3) is 0 Å². The van der Waals surface area contributed by atoms with Crippen LogP contribution in [0.5, 0.6) is 0 Å². The van der Waals surface area contributed by atoms with Gasteiger partial charge in [0.05, 0.1) is 0 Å². The highest BCUT2D eigenvalue weighted by Gasteiger charge is 2.71. The Morgan fingerprint density at radius 2 is 1.63 bits per heavy atom. The number of nitrogens with zero attached hydrogens (tertiary/aromatic N) is 2. The molecule has 46 heavy (non-hydrogen) atoms. The summed E-state index contributed by atoms with van der Waals surface area (Å²) < 4.78 is 0. The van der Waals surface area contributed by atoms with Crippen molar-refractivity contribution in [2.75, 3.05) is 13.6 Å². The van der Waals surface area contributed by atoms with E-state index in [-0.39, 0.29) is 10.8 Å². The van der Waals surface area contributed by atoms with E-state index >= 15 is 0 Å².